The zero-order valence-electron chi connectivity index (χ0n) is 20.1. The highest BCUT2D eigenvalue weighted by Gasteiger charge is 2.07. The Hall–Kier alpha value is -3.22. The zero-order valence-corrected chi connectivity index (χ0v) is 20.9. The number of rotatable bonds is 12. The van der Waals surface area contributed by atoms with Gasteiger partial charge in [0.05, 0.1) is 13.2 Å². The molecule has 1 atom stereocenters. The molecule has 1 unspecified atom stereocenters. The molecule has 3 rings (SSSR count). The van der Waals surface area contributed by atoms with Crippen LogP contribution in [0, 0.1) is 0 Å². The molecule has 3 aromatic carbocycles. The highest BCUT2D eigenvalue weighted by molar-refractivity contribution is 7.86. The third-order valence-corrected chi connectivity index (χ3v) is 6.20. The molecule has 3 aromatic rings. The molecule has 0 bridgehead atoms. The summed E-state index contributed by atoms with van der Waals surface area (Å²) in [7, 11) is -1.25. The lowest BCUT2D eigenvalue weighted by atomic mass is 10.1. The van der Waals surface area contributed by atoms with Crippen LogP contribution in [-0.4, -0.2) is 28.6 Å². The van der Waals surface area contributed by atoms with Crippen LogP contribution in [0.5, 0.6) is 5.75 Å². The Balaban J connectivity index is 1.76. The summed E-state index contributed by atoms with van der Waals surface area (Å²) in [6.45, 7) is 10.6. The van der Waals surface area contributed by atoms with Crippen molar-refractivity contribution in [2.24, 2.45) is 5.10 Å². The van der Waals surface area contributed by atoms with E-state index in [0.717, 1.165) is 23.3 Å². The molecule has 0 aliphatic heterocycles. The van der Waals surface area contributed by atoms with Crippen molar-refractivity contribution in [1.29, 1.82) is 0 Å². The van der Waals surface area contributed by atoms with Gasteiger partial charge in [-0.1, -0.05) is 60.7 Å². The quantitative estimate of drug-likeness (QED) is 0.256. The number of nitrogens with zero attached hydrogens (tertiary/aromatic N) is 2. The first-order valence-electron chi connectivity index (χ1n) is 11.4. The third kappa shape index (κ3) is 7.68. The summed E-state index contributed by atoms with van der Waals surface area (Å²) < 4.78 is 21.4. The number of fused-ring (bicyclic) bond motifs is 1. The van der Waals surface area contributed by atoms with E-state index >= 15 is 0 Å². The first-order valence-corrected chi connectivity index (χ1v) is 12.6. The molecular formula is C28H33N3O2S. The normalized spacial score (nSPS) is 12.6. The van der Waals surface area contributed by atoms with E-state index in [4.69, 9.17) is 4.74 Å². The second-order valence-electron chi connectivity index (χ2n) is 8.25. The number of ether oxygens (including phenoxy) is 1. The van der Waals surface area contributed by atoms with Crippen molar-refractivity contribution in [3.8, 4) is 5.75 Å². The number of hydrogen-bond donors (Lipinski definition) is 1. The Bertz CT molecular complexity index is 1190. The maximum atomic E-state index is 12.2. The predicted molar refractivity (Wildman–Crippen MR) is 145 cm³/mol. The summed E-state index contributed by atoms with van der Waals surface area (Å²) in [4.78, 5) is 0. The average Bonchev–Trinajstić information content (AvgIpc) is 2.82. The van der Waals surface area contributed by atoms with Crippen molar-refractivity contribution in [1.82, 2.24) is 9.73 Å². The van der Waals surface area contributed by atoms with Gasteiger partial charge in [-0.2, -0.15) is 5.10 Å². The van der Waals surface area contributed by atoms with Gasteiger partial charge in [0.25, 0.3) is 0 Å². The van der Waals surface area contributed by atoms with Crippen LogP contribution >= 0.6 is 0 Å². The second kappa shape index (κ2) is 12.9. The fourth-order valence-electron chi connectivity index (χ4n) is 3.53. The van der Waals surface area contributed by atoms with Gasteiger partial charge in [-0.3, -0.25) is 5.01 Å². The van der Waals surface area contributed by atoms with Crippen LogP contribution in [0.3, 0.4) is 0 Å². The topological polar surface area (TPSA) is 53.9 Å². The van der Waals surface area contributed by atoms with Gasteiger partial charge >= 0.3 is 0 Å². The van der Waals surface area contributed by atoms with E-state index in [-0.39, 0.29) is 6.04 Å². The summed E-state index contributed by atoms with van der Waals surface area (Å²) in [6.07, 6.45) is 6.43. The molecule has 0 heterocycles. The van der Waals surface area contributed by atoms with Crippen molar-refractivity contribution >= 4 is 34.6 Å². The fraction of sp³-hybridized carbons (Fsp3) is 0.250. The van der Waals surface area contributed by atoms with Crippen LogP contribution in [0.25, 0.3) is 16.8 Å². The lowest BCUT2D eigenvalue weighted by molar-refractivity contribution is 0.320. The first kappa shape index (κ1) is 25.4. The summed E-state index contributed by atoms with van der Waals surface area (Å²) in [6, 6.07) is 21.0. The molecule has 0 spiro atoms. The Labute approximate surface area is 205 Å². The third-order valence-electron chi connectivity index (χ3n) is 5.11. The number of benzene rings is 3. The van der Waals surface area contributed by atoms with E-state index in [0.29, 0.717) is 13.2 Å². The van der Waals surface area contributed by atoms with Crippen LogP contribution in [0.2, 0.25) is 0 Å². The van der Waals surface area contributed by atoms with E-state index in [2.05, 4.69) is 59.0 Å². The molecular weight excluding hydrogens is 442 g/mol. The molecule has 0 aromatic heterocycles. The van der Waals surface area contributed by atoms with Crippen LogP contribution in [0.15, 0.2) is 83.4 Å². The van der Waals surface area contributed by atoms with Gasteiger partial charge in [0.15, 0.2) is 0 Å². The molecule has 34 heavy (non-hydrogen) atoms. The molecule has 0 aliphatic rings. The predicted octanol–water partition coefficient (Wildman–Crippen LogP) is 6.04. The van der Waals surface area contributed by atoms with Crippen LogP contribution in [-0.2, 0) is 24.0 Å². The number of hydrazone groups is 1. The number of allylic oxidation sites excluding steroid dienone is 1. The molecule has 0 radical (unpaired) electrons. The summed E-state index contributed by atoms with van der Waals surface area (Å²) in [5.74, 6) is 0.751. The Morgan fingerprint density at radius 2 is 1.85 bits per heavy atom. The minimum atomic E-state index is -1.25. The van der Waals surface area contributed by atoms with Crippen molar-refractivity contribution in [2.45, 2.75) is 39.8 Å². The molecule has 0 amide bonds. The summed E-state index contributed by atoms with van der Waals surface area (Å²) >= 11 is 0. The largest absolute Gasteiger partial charge is 0.493 e. The molecule has 178 valence electrons. The number of nitrogens with one attached hydrogen (secondary N) is 1. The maximum Gasteiger partial charge on any atom is 0.126 e. The van der Waals surface area contributed by atoms with Crippen LogP contribution in [0.4, 0.5) is 0 Å². The van der Waals surface area contributed by atoms with Gasteiger partial charge in [-0.15, -0.1) is 0 Å². The van der Waals surface area contributed by atoms with Gasteiger partial charge < -0.3 is 4.74 Å². The molecule has 6 heteroatoms. The SMILES string of the molecule is C=NN(/C=C\C)Cc1ccc(/C=C/S(=O)NC(C)C)c(OCCc2ccc3ccccc3c2)c1. The molecule has 0 saturated carbocycles. The maximum absolute atomic E-state index is 12.2. The van der Waals surface area contributed by atoms with Gasteiger partial charge in [0, 0.05) is 36.4 Å². The second-order valence-corrected chi connectivity index (χ2v) is 9.35. The summed E-state index contributed by atoms with van der Waals surface area (Å²) in [5, 5.41) is 9.92. The van der Waals surface area contributed by atoms with E-state index in [9.17, 15) is 4.21 Å². The fourth-order valence-corrected chi connectivity index (χ4v) is 4.34. The Morgan fingerprint density at radius 1 is 1.09 bits per heavy atom. The molecule has 0 aliphatic carbocycles. The Kier molecular flexibility index (Phi) is 9.62. The van der Waals surface area contributed by atoms with Crippen molar-refractivity contribution < 1.29 is 8.95 Å². The molecule has 5 nitrogen and oxygen atoms in total. The van der Waals surface area contributed by atoms with Crippen molar-refractivity contribution in [3.63, 3.8) is 0 Å². The van der Waals surface area contributed by atoms with Gasteiger partial charge in [0.2, 0.25) is 0 Å². The Morgan fingerprint density at radius 3 is 2.59 bits per heavy atom. The van der Waals surface area contributed by atoms with Gasteiger partial charge in [-0.05, 0) is 54.8 Å². The summed E-state index contributed by atoms with van der Waals surface area (Å²) in [5.41, 5.74) is 3.15. The smallest absolute Gasteiger partial charge is 0.126 e. The van der Waals surface area contributed by atoms with E-state index < -0.39 is 11.0 Å². The van der Waals surface area contributed by atoms with Crippen molar-refractivity contribution in [2.75, 3.05) is 6.61 Å². The van der Waals surface area contributed by atoms with Crippen LogP contribution < -0.4 is 9.46 Å². The molecule has 1 N–H and O–H groups in total. The van der Waals surface area contributed by atoms with Gasteiger partial charge in [-0.25, -0.2) is 8.93 Å². The average molecular weight is 476 g/mol. The van der Waals surface area contributed by atoms with E-state index in [1.165, 1.54) is 16.3 Å². The molecule has 0 saturated heterocycles. The minimum absolute atomic E-state index is 0.134. The minimum Gasteiger partial charge on any atom is -0.493 e. The lowest BCUT2D eigenvalue weighted by Crippen LogP contribution is -2.23. The lowest BCUT2D eigenvalue weighted by Gasteiger charge is -2.16. The molecule has 0 fully saturated rings. The van der Waals surface area contributed by atoms with Gasteiger partial charge in [0.1, 0.15) is 16.7 Å². The highest BCUT2D eigenvalue weighted by Crippen LogP contribution is 2.24. The number of hydrogen-bond acceptors (Lipinski definition) is 4. The van der Waals surface area contributed by atoms with Crippen LogP contribution in [0.1, 0.15) is 37.5 Å². The zero-order chi connectivity index (χ0) is 24.3. The highest BCUT2D eigenvalue weighted by atomic mass is 32.2. The standard InChI is InChI=1S/C28H33N3O2S/c1-5-16-31(29-4)21-24-11-13-26(15-18-34(32)30-22(2)3)28(20-24)33-17-14-23-10-12-25-8-6-7-9-27(25)19-23/h5-13,15-16,18-20,22,30H,4,14,17,21H2,1-3H3/b16-5-,18-15+. The van der Waals surface area contributed by atoms with Crippen molar-refractivity contribution in [3.05, 3.63) is 95.0 Å². The monoisotopic (exact) mass is 475 g/mol. The van der Waals surface area contributed by atoms with E-state index in [1.54, 1.807) is 10.4 Å². The first-order chi connectivity index (χ1) is 16.5. The van der Waals surface area contributed by atoms with E-state index in [1.807, 2.05) is 57.3 Å².